The lowest BCUT2D eigenvalue weighted by Gasteiger charge is -2.40. The Morgan fingerprint density at radius 3 is 2.14 bits per heavy atom. The van der Waals surface area contributed by atoms with Crippen LogP contribution in [-0.4, -0.2) is 23.9 Å². The summed E-state index contributed by atoms with van der Waals surface area (Å²) in [5.41, 5.74) is 2.42. The SMILES string of the molecule is CC(=O)N1CC(c2ccccc2)NCC1c1ccccc1. The van der Waals surface area contributed by atoms with Crippen LogP contribution in [0.5, 0.6) is 0 Å². The van der Waals surface area contributed by atoms with Crippen molar-refractivity contribution in [2.75, 3.05) is 13.1 Å². The lowest BCUT2D eigenvalue weighted by molar-refractivity contribution is -0.133. The van der Waals surface area contributed by atoms with E-state index in [4.69, 9.17) is 0 Å². The molecule has 0 bridgehead atoms. The highest BCUT2D eigenvalue weighted by Gasteiger charge is 2.31. The van der Waals surface area contributed by atoms with Crippen molar-refractivity contribution in [3.05, 3.63) is 71.8 Å². The van der Waals surface area contributed by atoms with Crippen LogP contribution in [0.4, 0.5) is 0 Å². The second-order valence-corrected chi connectivity index (χ2v) is 5.47. The number of nitrogens with zero attached hydrogens (tertiary/aromatic N) is 1. The second kappa shape index (κ2) is 6.10. The van der Waals surface area contributed by atoms with E-state index >= 15 is 0 Å². The Bertz CT molecular complexity index is 597. The summed E-state index contributed by atoms with van der Waals surface area (Å²) in [4.78, 5) is 14.0. The first-order valence-electron chi connectivity index (χ1n) is 7.36. The van der Waals surface area contributed by atoms with Crippen molar-refractivity contribution < 1.29 is 4.79 Å². The lowest BCUT2D eigenvalue weighted by atomic mass is 9.97. The van der Waals surface area contributed by atoms with Crippen LogP contribution >= 0.6 is 0 Å². The van der Waals surface area contributed by atoms with Gasteiger partial charge in [0.15, 0.2) is 0 Å². The maximum atomic E-state index is 12.1. The first-order chi connectivity index (χ1) is 10.3. The average molecular weight is 280 g/mol. The maximum absolute atomic E-state index is 12.1. The molecule has 0 aromatic heterocycles. The molecule has 3 rings (SSSR count). The zero-order valence-corrected chi connectivity index (χ0v) is 12.2. The van der Waals surface area contributed by atoms with Gasteiger partial charge in [-0.25, -0.2) is 0 Å². The molecule has 1 amide bonds. The van der Waals surface area contributed by atoms with Crippen molar-refractivity contribution in [1.82, 2.24) is 10.2 Å². The van der Waals surface area contributed by atoms with E-state index in [9.17, 15) is 4.79 Å². The van der Waals surface area contributed by atoms with Crippen LogP contribution in [0.15, 0.2) is 60.7 Å². The quantitative estimate of drug-likeness (QED) is 0.917. The molecular formula is C18H20N2O. The summed E-state index contributed by atoms with van der Waals surface area (Å²) in [5.74, 6) is 0.131. The number of amides is 1. The molecule has 3 nitrogen and oxygen atoms in total. The van der Waals surface area contributed by atoms with E-state index in [0.29, 0.717) is 6.54 Å². The monoisotopic (exact) mass is 280 g/mol. The van der Waals surface area contributed by atoms with Crippen LogP contribution in [0.25, 0.3) is 0 Å². The zero-order chi connectivity index (χ0) is 14.7. The first kappa shape index (κ1) is 13.8. The van der Waals surface area contributed by atoms with Gasteiger partial charge in [-0.05, 0) is 11.1 Å². The van der Waals surface area contributed by atoms with E-state index in [0.717, 1.165) is 6.54 Å². The molecule has 1 aliphatic heterocycles. The molecule has 1 fully saturated rings. The highest BCUT2D eigenvalue weighted by molar-refractivity contribution is 5.74. The average Bonchev–Trinajstić information content (AvgIpc) is 2.56. The number of piperazine rings is 1. The number of carbonyl (C=O) groups excluding carboxylic acids is 1. The molecule has 2 atom stereocenters. The van der Waals surface area contributed by atoms with Crippen molar-refractivity contribution in [2.45, 2.75) is 19.0 Å². The van der Waals surface area contributed by atoms with E-state index in [1.165, 1.54) is 11.1 Å². The molecule has 0 saturated carbocycles. The van der Waals surface area contributed by atoms with Gasteiger partial charge in [0.25, 0.3) is 0 Å². The van der Waals surface area contributed by atoms with Gasteiger partial charge >= 0.3 is 0 Å². The topological polar surface area (TPSA) is 32.3 Å². The van der Waals surface area contributed by atoms with Crippen LogP contribution < -0.4 is 5.32 Å². The Morgan fingerprint density at radius 2 is 1.57 bits per heavy atom. The molecule has 1 heterocycles. The summed E-state index contributed by atoms with van der Waals surface area (Å²) in [6.07, 6.45) is 0. The predicted octanol–water partition coefficient (Wildman–Crippen LogP) is 2.92. The Kier molecular flexibility index (Phi) is 4.02. The molecule has 0 aliphatic carbocycles. The Balaban J connectivity index is 1.83. The fraction of sp³-hybridized carbons (Fsp3) is 0.278. The maximum Gasteiger partial charge on any atom is 0.220 e. The summed E-state index contributed by atoms with van der Waals surface area (Å²) in [6.45, 7) is 3.14. The van der Waals surface area contributed by atoms with Crippen LogP contribution in [0.1, 0.15) is 30.1 Å². The third kappa shape index (κ3) is 2.98. The molecule has 2 aromatic carbocycles. The van der Waals surface area contributed by atoms with Crippen LogP contribution in [0.2, 0.25) is 0 Å². The first-order valence-corrected chi connectivity index (χ1v) is 7.36. The van der Waals surface area contributed by atoms with E-state index in [-0.39, 0.29) is 18.0 Å². The van der Waals surface area contributed by atoms with Crippen molar-refractivity contribution in [3.63, 3.8) is 0 Å². The highest BCUT2D eigenvalue weighted by Crippen LogP contribution is 2.28. The van der Waals surface area contributed by atoms with Crippen molar-refractivity contribution in [2.24, 2.45) is 0 Å². The summed E-state index contributed by atoms with van der Waals surface area (Å²) in [6, 6.07) is 20.9. The number of hydrogen-bond donors (Lipinski definition) is 1. The van der Waals surface area contributed by atoms with E-state index < -0.39 is 0 Å². The Labute approximate surface area is 125 Å². The van der Waals surface area contributed by atoms with E-state index in [2.05, 4.69) is 29.6 Å². The molecule has 0 spiro atoms. The van der Waals surface area contributed by atoms with Gasteiger partial charge < -0.3 is 10.2 Å². The minimum Gasteiger partial charge on any atom is -0.333 e. The standard InChI is InChI=1S/C18H20N2O/c1-14(21)20-13-17(15-8-4-2-5-9-15)19-12-18(20)16-10-6-3-7-11-16/h2-11,17-19H,12-13H2,1H3. The summed E-state index contributed by atoms with van der Waals surface area (Å²) >= 11 is 0. The Hall–Kier alpha value is -2.13. The summed E-state index contributed by atoms with van der Waals surface area (Å²) in [5, 5.41) is 3.57. The fourth-order valence-corrected chi connectivity index (χ4v) is 2.98. The molecule has 2 aromatic rings. The van der Waals surface area contributed by atoms with Gasteiger partial charge in [0.2, 0.25) is 5.91 Å². The number of carbonyl (C=O) groups is 1. The van der Waals surface area contributed by atoms with Gasteiger partial charge in [0, 0.05) is 26.1 Å². The van der Waals surface area contributed by atoms with Gasteiger partial charge in [-0.15, -0.1) is 0 Å². The molecule has 0 radical (unpaired) electrons. The van der Waals surface area contributed by atoms with Gasteiger partial charge in [0.05, 0.1) is 6.04 Å². The van der Waals surface area contributed by atoms with Crippen LogP contribution in [0.3, 0.4) is 0 Å². The number of nitrogens with one attached hydrogen (secondary N) is 1. The molecule has 1 N–H and O–H groups in total. The largest absolute Gasteiger partial charge is 0.333 e. The van der Waals surface area contributed by atoms with Crippen molar-refractivity contribution in [1.29, 1.82) is 0 Å². The molecule has 1 aliphatic rings. The lowest BCUT2D eigenvalue weighted by Crippen LogP contribution is -2.49. The van der Waals surface area contributed by atoms with Gasteiger partial charge in [-0.2, -0.15) is 0 Å². The van der Waals surface area contributed by atoms with Gasteiger partial charge in [-0.3, -0.25) is 4.79 Å². The van der Waals surface area contributed by atoms with Gasteiger partial charge in [-0.1, -0.05) is 60.7 Å². The Morgan fingerprint density at radius 1 is 1.00 bits per heavy atom. The van der Waals surface area contributed by atoms with Crippen molar-refractivity contribution in [3.8, 4) is 0 Å². The molecule has 3 heteroatoms. The van der Waals surface area contributed by atoms with Crippen LogP contribution in [0, 0.1) is 0 Å². The summed E-state index contributed by atoms with van der Waals surface area (Å²) < 4.78 is 0. The third-order valence-corrected chi connectivity index (χ3v) is 4.10. The molecule has 2 unspecified atom stereocenters. The number of hydrogen-bond acceptors (Lipinski definition) is 2. The van der Waals surface area contributed by atoms with E-state index in [1.807, 2.05) is 41.3 Å². The van der Waals surface area contributed by atoms with E-state index in [1.54, 1.807) is 6.92 Å². The normalized spacial score (nSPS) is 22.0. The number of rotatable bonds is 2. The smallest absolute Gasteiger partial charge is 0.220 e. The van der Waals surface area contributed by atoms with Crippen molar-refractivity contribution >= 4 is 5.91 Å². The van der Waals surface area contributed by atoms with Gasteiger partial charge in [0.1, 0.15) is 0 Å². The molecule has 108 valence electrons. The second-order valence-electron chi connectivity index (χ2n) is 5.47. The molecule has 21 heavy (non-hydrogen) atoms. The summed E-state index contributed by atoms with van der Waals surface area (Å²) in [7, 11) is 0. The molecular weight excluding hydrogens is 260 g/mol. The predicted molar refractivity (Wildman–Crippen MR) is 83.8 cm³/mol. The number of benzene rings is 2. The zero-order valence-electron chi connectivity index (χ0n) is 12.2. The molecule has 1 saturated heterocycles. The third-order valence-electron chi connectivity index (χ3n) is 4.10. The minimum atomic E-state index is 0.115. The minimum absolute atomic E-state index is 0.115. The van der Waals surface area contributed by atoms with Crippen LogP contribution in [-0.2, 0) is 4.79 Å². The highest BCUT2D eigenvalue weighted by atomic mass is 16.2. The fourth-order valence-electron chi connectivity index (χ4n) is 2.98.